The Kier molecular flexibility index (Phi) is 4.19. The van der Waals surface area contributed by atoms with Crippen molar-refractivity contribution in [3.8, 4) is 5.75 Å². The number of aryl methyl sites for hydroxylation is 1. The predicted octanol–water partition coefficient (Wildman–Crippen LogP) is 4.22. The van der Waals surface area contributed by atoms with Crippen molar-refractivity contribution in [2.24, 2.45) is 5.92 Å². The fourth-order valence-electron chi connectivity index (χ4n) is 2.65. The summed E-state index contributed by atoms with van der Waals surface area (Å²) in [5.74, 6) is 2.96. The third kappa shape index (κ3) is 3.44. The molecule has 5 heteroatoms. The van der Waals surface area contributed by atoms with E-state index < -0.39 is 0 Å². The van der Waals surface area contributed by atoms with E-state index in [1.165, 1.54) is 5.39 Å². The Morgan fingerprint density at radius 2 is 2.00 bits per heavy atom. The van der Waals surface area contributed by atoms with E-state index in [0.717, 1.165) is 40.6 Å². The molecule has 3 aromatic rings. The summed E-state index contributed by atoms with van der Waals surface area (Å²) < 4.78 is 5.35. The number of benzene rings is 1. The van der Waals surface area contributed by atoms with Crippen molar-refractivity contribution < 1.29 is 4.74 Å². The Labute approximate surface area is 136 Å². The molecule has 23 heavy (non-hydrogen) atoms. The van der Waals surface area contributed by atoms with E-state index in [2.05, 4.69) is 35.4 Å². The van der Waals surface area contributed by atoms with Gasteiger partial charge in [0, 0.05) is 17.1 Å². The van der Waals surface area contributed by atoms with Crippen molar-refractivity contribution in [2.45, 2.75) is 27.2 Å². The van der Waals surface area contributed by atoms with E-state index >= 15 is 0 Å². The number of nitrogens with zero attached hydrogens (tertiary/aromatic N) is 2. The molecule has 0 aliphatic heterocycles. The van der Waals surface area contributed by atoms with Gasteiger partial charge in [0.1, 0.15) is 11.6 Å². The molecule has 0 saturated carbocycles. The molecule has 5 nitrogen and oxygen atoms in total. The quantitative estimate of drug-likeness (QED) is 0.740. The predicted molar refractivity (Wildman–Crippen MR) is 93.4 cm³/mol. The molecule has 0 aliphatic carbocycles. The van der Waals surface area contributed by atoms with Gasteiger partial charge in [0.05, 0.1) is 12.8 Å². The van der Waals surface area contributed by atoms with E-state index in [0.29, 0.717) is 5.92 Å². The van der Waals surface area contributed by atoms with Crippen molar-refractivity contribution in [1.29, 1.82) is 0 Å². The molecule has 0 spiro atoms. The van der Waals surface area contributed by atoms with Gasteiger partial charge in [-0.25, -0.2) is 4.98 Å². The van der Waals surface area contributed by atoms with E-state index in [-0.39, 0.29) is 0 Å². The zero-order chi connectivity index (χ0) is 16.4. The molecule has 0 unspecified atom stereocenters. The van der Waals surface area contributed by atoms with Crippen LogP contribution in [0.1, 0.15) is 25.2 Å². The van der Waals surface area contributed by atoms with Crippen molar-refractivity contribution in [2.75, 3.05) is 12.4 Å². The van der Waals surface area contributed by atoms with Crippen LogP contribution in [0.15, 0.2) is 30.3 Å². The van der Waals surface area contributed by atoms with E-state index in [1.54, 1.807) is 7.11 Å². The summed E-state index contributed by atoms with van der Waals surface area (Å²) in [5, 5.41) is 12.7. The molecule has 1 aromatic carbocycles. The molecule has 2 heterocycles. The second-order valence-electron chi connectivity index (χ2n) is 6.20. The smallest absolute Gasteiger partial charge is 0.153 e. The highest BCUT2D eigenvalue weighted by Crippen LogP contribution is 2.28. The van der Waals surface area contributed by atoms with Gasteiger partial charge in [-0.15, -0.1) is 0 Å². The van der Waals surface area contributed by atoms with Crippen molar-refractivity contribution in [3.05, 3.63) is 41.7 Å². The number of nitrogens with one attached hydrogen (secondary N) is 2. The highest BCUT2D eigenvalue weighted by molar-refractivity contribution is 5.88. The minimum absolute atomic E-state index is 0.538. The van der Waals surface area contributed by atoms with Crippen LogP contribution in [-0.4, -0.2) is 22.3 Å². The number of rotatable bonds is 5. The van der Waals surface area contributed by atoms with Crippen LogP contribution in [0.4, 0.5) is 11.6 Å². The monoisotopic (exact) mass is 310 g/mol. The Bertz CT molecular complexity index is 823. The van der Waals surface area contributed by atoms with E-state index in [1.807, 2.05) is 31.2 Å². The van der Waals surface area contributed by atoms with Gasteiger partial charge >= 0.3 is 0 Å². The maximum absolute atomic E-state index is 5.35. The number of H-pyrrole nitrogens is 1. The van der Waals surface area contributed by atoms with Crippen LogP contribution < -0.4 is 10.1 Å². The van der Waals surface area contributed by atoms with E-state index in [9.17, 15) is 0 Å². The Balaban J connectivity index is 2.06. The van der Waals surface area contributed by atoms with Crippen LogP contribution in [0.25, 0.3) is 10.8 Å². The summed E-state index contributed by atoms with van der Waals surface area (Å²) >= 11 is 0. The van der Waals surface area contributed by atoms with E-state index in [4.69, 9.17) is 9.72 Å². The van der Waals surface area contributed by atoms with Gasteiger partial charge in [0.25, 0.3) is 0 Å². The van der Waals surface area contributed by atoms with Crippen molar-refractivity contribution >= 4 is 22.4 Å². The lowest BCUT2D eigenvalue weighted by Gasteiger charge is -2.12. The van der Waals surface area contributed by atoms with Gasteiger partial charge in [-0.05, 0) is 48.9 Å². The second-order valence-corrected chi connectivity index (χ2v) is 6.20. The average Bonchev–Trinajstić information content (AvgIpc) is 2.91. The molecule has 0 fully saturated rings. The van der Waals surface area contributed by atoms with Gasteiger partial charge in [0.15, 0.2) is 5.82 Å². The first-order valence-corrected chi connectivity index (χ1v) is 7.82. The first-order chi connectivity index (χ1) is 11.0. The standard InChI is InChI=1S/C18H22N4O/c1-11(2)7-16-15-6-5-14(23-4)9-13(15)10-17(19-16)20-18-8-12(3)21-22-18/h5-6,8-11H,7H2,1-4H3,(H2,19,20,21,22). The molecule has 3 rings (SSSR count). The third-order valence-corrected chi connectivity index (χ3v) is 3.68. The third-order valence-electron chi connectivity index (χ3n) is 3.68. The summed E-state index contributed by atoms with van der Waals surface area (Å²) in [6.07, 6.45) is 0.929. The lowest BCUT2D eigenvalue weighted by atomic mass is 10.0. The first-order valence-electron chi connectivity index (χ1n) is 7.82. The summed E-state index contributed by atoms with van der Waals surface area (Å²) in [7, 11) is 1.68. The van der Waals surface area contributed by atoms with Crippen LogP contribution in [0.2, 0.25) is 0 Å². The first kappa shape index (κ1) is 15.3. The number of aromatic amines is 1. The van der Waals surface area contributed by atoms with Gasteiger partial charge in [-0.1, -0.05) is 13.8 Å². The summed E-state index contributed by atoms with van der Waals surface area (Å²) in [4.78, 5) is 4.80. The topological polar surface area (TPSA) is 62.8 Å². The van der Waals surface area contributed by atoms with Crippen LogP contribution >= 0.6 is 0 Å². The summed E-state index contributed by atoms with van der Waals surface area (Å²) in [5.41, 5.74) is 2.10. The number of fused-ring (bicyclic) bond motifs is 1. The number of anilines is 2. The summed E-state index contributed by atoms with van der Waals surface area (Å²) in [6.45, 7) is 6.38. The number of hydrogen-bond donors (Lipinski definition) is 2. The van der Waals surface area contributed by atoms with Crippen molar-refractivity contribution in [3.63, 3.8) is 0 Å². The fraction of sp³-hybridized carbons (Fsp3) is 0.333. The highest BCUT2D eigenvalue weighted by Gasteiger charge is 2.10. The SMILES string of the molecule is COc1ccc2c(CC(C)C)nc(Nc3cc(C)[nH]n3)cc2c1. The molecule has 0 atom stereocenters. The van der Waals surface area contributed by atoms with Gasteiger partial charge in [-0.3, -0.25) is 5.10 Å². The zero-order valence-electron chi connectivity index (χ0n) is 14.0. The molecule has 0 radical (unpaired) electrons. The van der Waals surface area contributed by atoms with Crippen LogP contribution in [0, 0.1) is 12.8 Å². The number of pyridine rings is 1. The minimum atomic E-state index is 0.538. The number of hydrogen-bond acceptors (Lipinski definition) is 4. The molecular weight excluding hydrogens is 288 g/mol. The van der Waals surface area contributed by atoms with Gasteiger partial charge < -0.3 is 10.1 Å². The fourth-order valence-corrected chi connectivity index (χ4v) is 2.65. The normalized spacial score (nSPS) is 11.2. The maximum Gasteiger partial charge on any atom is 0.153 e. The second kappa shape index (κ2) is 6.28. The summed E-state index contributed by atoms with van der Waals surface area (Å²) in [6, 6.07) is 10.1. The minimum Gasteiger partial charge on any atom is -0.497 e. The number of methoxy groups -OCH3 is 1. The lowest BCUT2D eigenvalue weighted by molar-refractivity contribution is 0.415. The molecule has 2 aromatic heterocycles. The molecule has 0 amide bonds. The molecule has 0 aliphatic rings. The molecule has 2 N–H and O–H groups in total. The van der Waals surface area contributed by atoms with Crippen LogP contribution in [0.5, 0.6) is 5.75 Å². The number of ether oxygens (including phenoxy) is 1. The molecular formula is C18H22N4O. The average molecular weight is 310 g/mol. The Morgan fingerprint density at radius 3 is 2.65 bits per heavy atom. The number of aromatic nitrogens is 3. The van der Waals surface area contributed by atoms with Crippen molar-refractivity contribution in [1.82, 2.24) is 15.2 Å². The lowest BCUT2D eigenvalue weighted by Crippen LogP contribution is -2.02. The van der Waals surface area contributed by atoms with Gasteiger partial charge in [0.2, 0.25) is 0 Å². The Morgan fingerprint density at radius 1 is 1.17 bits per heavy atom. The zero-order valence-corrected chi connectivity index (χ0v) is 14.0. The Hall–Kier alpha value is -2.56. The molecule has 0 saturated heterocycles. The largest absolute Gasteiger partial charge is 0.497 e. The van der Waals surface area contributed by atoms with Crippen LogP contribution in [-0.2, 0) is 6.42 Å². The van der Waals surface area contributed by atoms with Gasteiger partial charge in [-0.2, -0.15) is 5.10 Å². The highest BCUT2D eigenvalue weighted by atomic mass is 16.5. The molecule has 120 valence electrons. The van der Waals surface area contributed by atoms with Crippen LogP contribution in [0.3, 0.4) is 0 Å². The molecule has 0 bridgehead atoms. The maximum atomic E-state index is 5.35.